The highest BCUT2D eigenvalue weighted by molar-refractivity contribution is 5.76. The van der Waals surface area contributed by atoms with Gasteiger partial charge in [0.25, 0.3) is 0 Å². The van der Waals surface area contributed by atoms with Crippen LogP contribution in [0, 0.1) is 0 Å². The smallest absolute Gasteiger partial charge is 0.221 e. The number of nitrogens with one attached hydrogen (secondary N) is 1. The molecule has 0 aliphatic heterocycles. The van der Waals surface area contributed by atoms with Gasteiger partial charge in [-0.2, -0.15) is 0 Å². The number of amides is 1. The number of aryl methyl sites for hydroxylation is 1. The number of rotatable bonds is 9. The zero-order chi connectivity index (χ0) is 16.3. The average Bonchev–Trinajstić information content (AvgIpc) is 2.59. The topological polar surface area (TPSA) is 55.1 Å². The molecule has 3 nitrogen and oxygen atoms in total. The molecule has 3 N–H and O–H groups in total. The summed E-state index contributed by atoms with van der Waals surface area (Å²) in [7, 11) is 0. The van der Waals surface area contributed by atoms with Crippen molar-refractivity contribution < 1.29 is 4.79 Å². The Kier molecular flexibility index (Phi) is 7.34. The monoisotopic (exact) mass is 310 g/mol. The van der Waals surface area contributed by atoms with Crippen LogP contribution in [0.5, 0.6) is 0 Å². The summed E-state index contributed by atoms with van der Waals surface area (Å²) in [6.07, 6.45) is 4.62. The Morgan fingerprint density at radius 2 is 1.61 bits per heavy atom. The van der Waals surface area contributed by atoms with Crippen LogP contribution in [0.4, 0.5) is 0 Å². The van der Waals surface area contributed by atoms with Crippen molar-refractivity contribution in [3.05, 3.63) is 71.8 Å². The van der Waals surface area contributed by atoms with Crippen LogP contribution < -0.4 is 11.1 Å². The van der Waals surface area contributed by atoms with Crippen molar-refractivity contribution in [2.75, 3.05) is 6.54 Å². The highest BCUT2D eigenvalue weighted by atomic mass is 16.1. The normalized spacial score (nSPS) is 11.9. The predicted molar refractivity (Wildman–Crippen MR) is 95.0 cm³/mol. The lowest BCUT2D eigenvalue weighted by atomic mass is 9.99. The molecule has 0 saturated heterocycles. The van der Waals surface area contributed by atoms with E-state index in [1.807, 2.05) is 24.3 Å². The second-order valence-corrected chi connectivity index (χ2v) is 5.80. The summed E-state index contributed by atoms with van der Waals surface area (Å²) in [5.74, 6) is 0.0319. The van der Waals surface area contributed by atoms with E-state index in [9.17, 15) is 4.79 Å². The number of nitrogens with two attached hydrogens (primary N) is 1. The van der Waals surface area contributed by atoms with Gasteiger partial charge in [0.15, 0.2) is 0 Å². The first-order valence-corrected chi connectivity index (χ1v) is 8.38. The fraction of sp³-hybridized carbons (Fsp3) is 0.350. The van der Waals surface area contributed by atoms with E-state index in [4.69, 9.17) is 5.73 Å². The summed E-state index contributed by atoms with van der Waals surface area (Å²) in [6, 6.07) is 20.8. The zero-order valence-electron chi connectivity index (χ0n) is 13.6. The largest absolute Gasteiger partial charge is 0.349 e. The molecular formula is C20H26N2O. The summed E-state index contributed by atoms with van der Waals surface area (Å²) in [4.78, 5) is 11.9. The van der Waals surface area contributed by atoms with Gasteiger partial charge in [-0.15, -0.1) is 0 Å². The second kappa shape index (κ2) is 9.80. The lowest BCUT2D eigenvalue weighted by Crippen LogP contribution is -2.30. The van der Waals surface area contributed by atoms with Gasteiger partial charge in [0.05, 0.1) is 6.04 Å². The Bertz CT molecular complexity index is 569. The molecule has 2 aromatic carbocycles. The van der Waals surface area contributed by atoms with Crippen LogP contribution in [0.1, 0.15) is 42.9 Å². The SMILES string of the molecule is NCCC(=O)NC(CCCCc1ccccc1)c1ccccc1. The molecule has 0 aliphatic carbocycles. The molecule has 0 saturated carbocycles. The fourth-order valence-electron chi connectivity index (χ4n) is 2.73. The molecule has 0 bridgehead atoms. The van der Waals surface area contributed by atoms with E-state index in [1.165, 1.54) is 5.56 Å². The van der Waals surface area contributed by atoms with Crippen LogP contribution in [0.3, 0.4) is 0 Å². The van der Waals surface area contributed by atoms with E-state index < -0.39 is 0 Å². The van der Waals surface area contributed by atoms with E-state index in [2.05, 4.69) is 41.7 Å². The maximum atomic E-state index is 11.9. The van der Waals surface area contributed by atoms with Gasteiger partial charge in [0.2, 0.25) is 5.91 Å². The van der Waals surface area contributed by atoms with Crippen LogP contribution in [-0.4, -0.2) is 12.5 Å². The molecule has 23 heavy (non-hydrogen) atoms. The van der Waals surface area contributed by atoms with Crippen LogP contribution in [0.25, 0.3) is 0 Å². The van der Waals surface area contributed by atoms with Crippen molar-refractivity contribution in [3.8, 4) is 0 Å². The molecular weight excluding hydrogens is 284 g/mol. The first-order chi connectivity index (χ1) is 11.3. The van der Waals surface area contributed by atoms with Gasteiger partial charge in [0, 0.05) is 13.0 Å². The Morgan fingerprint density at radius 1 is 0.957 bits per heavy atom. The van der Waals surface area contributed by atoms with Crippen LogP contribution in [0.2, 0.25) is 0 Å². The van der Waals surface area contributed by atoms with Crippen LogP contribution in [-0.2, 0) is 11.2 Å². The zero-order valence-corrected chi connectivity index (χ0v) is 13.6. The van der Waals surface area contributed by atoms with Crippen molar-refractivity contribution in [2.24, 2.45) is 5.73 Å². The van der Waals surface area contributed by atoms with Crippen LogP contribution in [0.15, 0.2) is 60.7 Å². The van der Waals surface area contributed by atoms with Gasteiger partial charge in [0.1, 0.15) is 0 Å². The van der Waals surface area contributed by atoms with Crippen molar-refractivity contribution >= 4 is 5.91 Å². The molecule has 0 heterocycles. The number of benzene rings is 2. The molecule has 1 unspecified atom stereocenters. The third kappa shape index (κ3) is 6.25. The molecule has 0 fully saturated rings. The third-order valence-corrected chi connectivity index (χ3v) is 3.96. The van der Waals surface area contributed by atoms with Crippen LogP contribution >= 0.6 is 0 Å². The minimum absolute atomic E-state index is 0.0319. The van der Waals surface area contributed by atoms with Gasteiger partial charge in [-0.25, -0.2) is 0 Å². The van der Waals surface area contributed by atoms with Gasteiger partial charge in [-0.1, -0.05) is 67.1 Å². The van der Waals surface area contributed by atoms with Crippen molar-refractivity contribution in [1.29, 1.82) is 0 Å². The van der Waals surface area contributed by atoms with Gasteiger partial charge >= 0.3 is 0 Å². The lowest BCUT2D eigenvalue weighted by molar-refractivity contribution is -0.121. The molecule has 0 aromatic heterocycles. The lowest BCUT2D eigenvalue weighted by Gasteiger charge is -2.19. The number of hydrogen-bond donors (Lipinski definition) is 2. The Labute approximate surface area is 138 Å². The summed E-state index contributed by atoms with van der Waals surface area (Å²) in [6.45, 7) is 0.390. The van der Waals surface area contributed by atoms with E-state index in [-0.39, 0.29) is 11.9 Å². The van der Waals surface area contributed by atoms with E-state index in [1.54, 1.807) is 0 Å². The quantitative estimate of drug-likeness (QED) is 0.695. The van der Waals surface area contributed by atoms with Crippen molar-refractivity contribution in [2.45, 2.75) is 38.1 Å². The van der Waals surface area contributed by atoms with E-state index in [0.717, 1.165) is 31.2 Å². The Morgan fingerprint density at radius 3 is 2.26 bits per heavy atom. The minimum atomic E-state index is 0.0319. The number of hydrogen-bond acceptors (Lipinski definition) is 2. The fourth-order valence-corrected chi connectivity index (χ4v) is 2.73. The summed E-state index contributed by atoms with van der Waals surface area (Å²) in [5.41, 5.74) is 8.00. The first-order valence-electron chi connectivity index (χ1n) is 8.38. The summed E-state index contributed by atoms with van der Waals surface area (Å²) in [5, 5.41) is 3.11. The summed E-state index contributed by atoms with van der Waals surface area (Å²) < 4.78 is 0. The van der Waals surface area contributed by atoms with Gasteiger partial charge in [-0.3, -0.25) is 4.79 Å². The van der Waals surface area contributed by atoms with E-state index >= 15 is 0 Å². The number of unbranched alkanes of at least 4 members (excludes halogenated alkanes) is 1. The molecule has 0 radical (unpaired) electrons. The minimum Gasteiger partial charge on any atom is -0.349 e. The predicted octanol–water partition coefficient (Wildman–Crippen LogP) is 3.61. The molecule has 3 heteroatoms. The maximum Gasteiger partial charge on any atom is 0.221 e. The van der Waals surface area contributed by atoms with Crippen molar-refractivity contribution in [1.82, 2.24) is 5.32 Å². The second-order valence-electron chi connectivity index (χ2n) is 5.80. The average molecular weight is 310 g/mol. The molecule has 2 aromatic rings. The number of carbonyl (C=O) groups is 1. The van der Waals surface area contributed by atoms with Gasteiger partial charge < -0.3 is 11.1 Å². The molecule has 1 atom stereocenters. The van der Waals surface area contributed by atoms with E-state index in [0.29, 0.717) is 13.0 Å². The van der Waals surface area contributed by atoms with Gasteiger partial charge in [-0.05, 0) is 30.4 Å². The molecule has 0 spiro atoms. The highest BCUT2D eigenvalue weighted by Crippen LogP contribution is 2.20. The Balaban J connectivity index is 1.86. The highest BCUT2D eigenvalue weighted by Gasteiger charge is 2.13. The standard InChI is InChI=1S/C20H26N2O/c21-16-15-20(23)22-19(18-12-5-2-6-13-18)14-8-7-11-17-9-3-1-4-10-17/h1-6,9-10,12-13,19H,7-8,11,14-16,21H2,(H,22,23). The summed E-state index contributed by atoms with van der Waals surface area (Å²) >= 11 is 0. The Hall–Kier alpha value is -2.13. The molecule has 2 rings (SSSR count). The number of carbonyl (C=O) groups excluding carboxylic acids is 1. The first kappa shape index (κ1) is 17.2. The molecule has 1 amide bonds. The third-order valence-electron chi connectivity index (χ3n) is 3.96. The molecule has 0 aliphatic rings. The molecule has 122 valence electrons. The van der Waals surface area contributed by atoms with Crippen molar-refractivity contribution in [3.63, 3.8) is 0 Å². The maximum absolute atomic E-state index is 11.9.